The van der Waals surface area contributed by atoms with E-state index in [1.807, 2.05) is 62.6 Å². The number of nitrogens with one attached hydrogen (secondary N) is 3. The summed E-state index contributed by atoms with van der Waals surface area (Å²) >= 11 is 0. The van der Waals surface area contributed by atoms with Gasteiger partial charge >= 0.3 is 5.97 Å². The van der Waals surface area contributed by atoms with Crippen molar-refractivity contribution in [2.24, 2.45) is 35.3 Å². The van der Waals surface area contributed by atoms with E-state index in [0.717, 1.165) is 22.5 Å². The largest absolute Gasteiger partial charge is 0.459 e. The number of nitrogen functional groups attached to an aromatic ring is 2. The number of oxazole rings is 1. The molecule has 12 N–H and O–H groups in total. The highest BCUT2D eigenvalue weighted by Crippen LogP contribution is 2.40. The molecule has 696 valence electrons. The second-order valence-corrected chi connectivity index (χ2v) is 33.3. The fourth-order valence-electron chi connectivity index (χ4n) is 16.3. The van der Waals surface area contributed by atoms with Crippen molar-refractivity contribution in [3.63, 3.8) is 0 Å². The van der Waals surface area contributed by atoms with Gasteiger partial charge in [0.15, 0.2) is 17.0 Å². The molecule has 2 bridgehead atoms. The number of hydrogen-bond donors (Lipinski definition) is 9. The number of Topliss-reactive ketones (excluding diaryl/α,β-unsaturated/α-hetero) is 3. The van der Waals surface area contributed by atoms with Gasteiger partial charge in [-0.3, -0.25) is 33.6 Å². The van der Waals surface area contributed by atoms with Gasteiger partial charge in [0.1, 0.15) is 53.5 Å². The van der Waals surface area contributed by atoms with E-state index in [2.05, 4.69) is 41.2 Å². The van der Waals surface area contributed by atoms with Crippen LogP contribution in [0.2, 0.25) is 0 Å². The topological polar surface area (TPSA) is 507 Å². The molecule has 15 atom stereocenters. The second-order valence-electron chi connectivity index (χ2n) is 33.3. The maximum atomic E-state index is 14.7. The molecule has 1 aliphatic carbocycles. The van der Waals surface area contributed by atoms with Gasteiger partial charge in [-0.15, -0.1) is 5.10 Å². The van der Waals surface area contributed by atoms with Gasteiger partial charge in [0.25, 0.3) is 17.7 Å². The third-order valence-corrected chi connectivity index (χ3v) is 23.7. The number of unbranched alkanes of at least 4 members (excludes halogenated alkanes) is 1. The predicted octanol–water partition coefficient (Wildman–Crippen LogP) is 5.83. The number of piperidine rings is 1. The molecule has 9 rings (SSSR count). The van der Waals surface area contributed by atoms with Crippen LogP contribution in [0.3, 0.4) is 0 Å². The summed E-state index contributed by atoms with van der Waals surface area (Å²) in [5, 5.41) is 57.6. The molecule has 5 aromatic rings. The highest BCUT2D eigenvalue weighted by atomic mass is 16.6. The number of methoxy groups -OCH3 is 2. The Bertz CT molecular complexity index is 4450. The Hall–Kier alpha value is -9.22. The van der Waals surface area contributed by atoms with Crippen LogP contribution in [0.5, 0.6) is 0 Å². The molecule has 1 aromatic carbocycles. The molecule has 37 heteroatoms. The Morgan fingerprint density at radius 1 is 0.714 bits per heavy atom. The molecule has 7 heterocycles. The number of amides is 4. The van der Waals surface area contributed by atoms with Gasteiger partial charge in [0.2, 0.25) is 23.5 Å². The van der Waals surface area contributed by atoms with Crippen molar-refractivity contribution in [3.05, 3.63) is 84.0 Å². The molecular formula is C89H133N15O22. The van der Waals surface area contributed by atoms with Crippen molar-refractivity contribution >= 4 is 80.9 Å². The zero-order chi connectivity index (χ0) is 90.7. The Balaban J connectivity index is 0.604. The number of hydrogen-bond acceptors (Lipinski definition) is 31. The summed E-state index contributed by atoms with van der Waals surface area (Å²) in [5.74, 6) is -9.23. The number of aryl methyl sites for hydroxylation is 2. The number of aliphatic hydroxyl groups is 3. The van der Waals surface area contributed by atoms with E-state index in [0.29, 0.717) is 202 Å². The Kier molecular flexibility index (Phi) is 41.2. The van der Waals surface area contributed by atoms with E-state index in [1.165, 1.54) is 19.3 Å². The molecule has 4 aliphatic rings. The standard InChI is InChI=1S/C89H133N15O22/c1-56-17-10-9-11-18-57(2)72(116-7)52-65-25-22-61(6)89(115,126-65)83(112)86(113)102-33-14-12-20-69(102)87(114)124-73(53-70(105)58(3)48-60(5)81(110)82(111)80(109)59(4)47-56)66(90)49-62-23-26-68(74(50-62)117-8)104-54-64(99-101-104)19-16-21-75(106)94-31-37-120-41-45-123-44-40-119-36-29-77(108)95-32-38-121-42-46-122-43-39-118-35-28-76(107)93-30-13-15-34-103-85-78(84(91)96-55-97-85)79(100-103)63-24-27-71-67(51-63)98-88(92)125-71/h9-11,17-18,24,27,48,51,54-56,58-59,61-62,65-66,68-69,72-74,81-82,110-111,115H,12-16,19-23,25-26,28-47,49-50,52-53,90H2,1-8H3,(H2,92,98)(H,93,107)(H,94,106)(H,95,108)(H2,91,96,97)/b11-9+,17-10+,57-18+,60-48+/t56-,58-,59-,61-,62+,65+,66-,68+,69+,72+,73+,74-,81-,82+,89-/m1/s1. The first-order chi connectivity index (χ1) is 60.7. The first-order valence-electron chi connectivity index (χ1n) is 44.4. The van der Waals surface area contributed by atoms with Crippen LogP contribution in [0.25, 0.3) is 33.4 Å². The third-order valence-electron chi connectivity index (χ3n) is 23.7. The fourth-order valence-corrected chi connectivity index (χ4v) is 16.3. The van der Waals surface area contributed by atoms with E-state index in [1.54, 1.807) is 50.4 Å². The Labute approximate surface area is 736 Å². The molecule has 3 aliphatic heterocycles. The number of allylic oxidation sites excluding steroid dienone is 6. The summed E-state index contributed by atoms with van der Waals surface area (Å²) in [6, 6.07) is 3.14. The van der Waals surface area contributed by atoms with Crippen molar-refractivity contribution < 1.29 is 105 Å². The van der Waals surface area contributed by atoms with Crippen molar-refractivity contribution in [2.45, 2.75) is 231 Å². The van der Waals surface area contributed by atoms with Gasteiger partial charge in [-0.25, -0.2) is 24.1 Å². The maximum Gasteiger partial charge on any atom is 0.329 e. The minimum Gasteiger partial charge on any atom is -0.459 e. The molecule has 37 nitrogen and oxygen atoms in total. The number of aliphatic hydroxyl groups excluding tert-OH is 2. The lowest BCUT2D eigenvalue weighted by molar-refractivity contribution is -0.265. The number of rotatable bonds is 40. The van der Waals surface area contributed by atoms with Crippen LogP contribution >= 0.6 is 0 Å². The van der Waals surface area contributed by atoms with Crippen LogP contribution in [-0.2, 0) is 98.7 Å². The average molecular weight is 1770 g/mol. The number of esters is 1. The van der Waals surface area contributed by atoms with Gasteiger partial charge in [-0.1, -0.05) is 69.4 Å². The summed E-state index contributed by atoms with van der Waals surface area (Å²) < 4.78 is 66.8. The minimum absolute atomic E-state index is 0.00770. The number of fused-ring (bicyclic) bond motifs is 5. The number of nitrogens with zero attached hydrogens (tertiary/aromatic N) is 9. The monoisotopic (exact) mass is 1760 g/mol. The SMILES string of the molecule is CO[C@H]1C[C@@H]2CC[C@@H](C)[C@@](O)(O2)C(=O)C(=O)N2CCCC[C@H]2C(=O)O[C@H]([C@H](N)C[C@@H]2CC[C@H](n3cc(CCCC(=O)NCCOCCOCCOCCC(=O)NCCOCCOCCOCCC(=O)NCCCCn4nc(-c5ccc6oc(N)nc6c5)c5c(N)ncnc54)nn3)[C@H](OC)C2)CC(=O)[C@H](C)/C=C(\C)[C@@H](O)[C@@H](O)C(=O)[C@H](C)C[C@H](C)/C=C/C=C/C=C/1C. The van der Waals surface area contributed by atoms with Crippen molar-refractivity contribution in [3.8, 4) is 11.3 Å². The fraction of sp³-hybridized carbons (Fsp3) is 0.663. The smallest absolute Gasteiger partial charge is 0.329 e. The highest BCUT2D eigenvalue weighted by Gasteiger charge is 2.53. The van der Waals surface area contributed by atoms with Gasteiger partial charge in [0.05, 0.1) is 115 Å². The molecule has 126 heavy (non-hydrogen) atoms. The minimum atomic E-state index is -2.51. The molecule has 0 radical (unpaired) electrons. The summed E-state index contributed by atoms with van der Waals surface area (Å²) in [5.41, 5.74) is 24.0. The summed E-state index contributed by atoms with van der Waals surface area (Å²) in [6.07, 6.45) is 15.3. The third kappa shape index (κ3) is 30.5. The first-order valence-corrected chi connectivity index (χ1v) is 44.4. The first kappa shape index (κ1) is 101. The van der Waals surface area contributed by atoms with Crippen LogP contribution in [0, 0.1) is 29.6 Å². The zero-order valence-corrected chi connectivity index (χ0v) is 74.2. The second kappa shape index (κ2) is 51.7. The molecular weight excluding hydrogens is 1630 g/mol. The van der Waals surface area contributed by atoms with Crippen LogP contribution in [0.15, 0.2) is 82.7 Å². The van der Waals surface area contributed by atoms with E-state index < -0.39 is 95.4 Å². The number of carbonyl (C=O) groups is 8. The molecule has 3 fully saturated rings. The van der Waals surface area contributed by atoms with E-state index in [9.17, 15) is 53.7 Å². The van der Waals surface area contributed by atoms with Crippen LogP contribution in [0.1, 0.15) is 169 Å². The van der Waals surface area contributed by atoms with Gasteiger partial charge in [-0.05, 0) is 145 Å². The maximum absolute atomic E-state index is 14.7. The summed E-state index contributed by atoms with van der Waals surface area (Å²) in [7, 11) is 3.16. The highest BCUT2D eigenvalue weighted by molar-refractivity contribution is 6.39. The normalized spacial score (nSPS) is 26.5. The quantitative estimate of drug-likeness (QED) is 0.00963. The molecule has 0 unspecified atom stereocenters. The molecule has 1 saturated carbocycles. The Morgan fingerprint density at radius 2 is 1.38 bits per heavy atom. The van der Waals surface area contributed by atoms with E-state index >= 15 is 0 Å². The molecule has 4 aromatic heterocycles. The number of ketones is 3. The predicted molar refractivity (Wildman–Crippen MR) is 465 cm³/mol. The van der Waals surface area contributed by atoms with Crippen molar-refractivity contribution in [1.29, 1.82) is 0 Å². The molecule has 2 saturated heterocycles. The average Bonchev–Trinajstić information content (AvgIpc) is 1.38. The van der Waals surface area contributed by atoms with Gasteiger partial charge in [0, 0.05) is 115 Å². The van der Waals surface area contributed by atoms with Crippen molar-refractivity contribution in [1.82, 2.24) is 60.6 Å². The Morgan fingerprint density at radius 3 is 2.06 bits per heavy atom. The number of nitrogens with two attached hydrogens (primary N) is 3. The van der Waals surface area contributed by atoms with Crippen LogP contribution in [0.4, 0.5) is 11.8 Å². The van der Waals surface area contributed by atoms with Gasteiger partial charge < -0.3 is 105 Å². The van der Waals surface area contributed by atoms with E-state index in [4.69, 9.17) is 74.1 Å². The number of carbonyl (C=O) groups excluding carboxylic acids is 8. The zero-order valence-electron chi connectivity index (χ0n) is 74.2. The lowest BCUT2D eigenvalue weighted by Gasteiger charge is -2.42. The number of benzene rings is 1. The van der Waals surface area contributed by atoms with Crippen LogP contribution < -0.4 is 33.2 Å². The lowest BCUT2D eigenvalue weighted by Crippen LogP contribution is -2.61. The van der Waals surface area contributed by atoms with E-state index in [-0.39, 0.29) is 118 Å². The number of ether oxygens (including phenoxy) is 10. The number of cyclic esters (lactones) is 1. The van der Waals surface area contributed by atoms with Crippen molar-refractivity contribution in [2.75, 3.05) is 131 Å². The molecule has 0 spiro atoms. The number of anilines is 2. The van der Waals surface area contributed by atoms with Gasteiger partial charge in [-0.2, -0.15) is 10.1 Å². The lowest BCUT2D eigenvalue weighted by atomic mass is 9.79. The number of aromatic nitrogens is 8. The van der Waals surface area contributed by atoms with Crippen LogP contribution in [-0.4, -0.2) is 281 Å². The summed E-state index contributed by atoms with van der Waals surface area (Å²) in [4.78, 5) is 123. The summed E-state index contributed by atoms with van der Waals surface area (Å²) in [6.45, 7) is 15.7. The molecule has 4 amide bonds.